The van der Waals surface area contributed by atoms with Gasteiger partial charge in [0, 0.05) is 0 Å². The van der Waals surface area contributed by atoms with Crippen LogP contribution in [0.4, 0.5) is 0 Å². The van der Waals surface area contributed by atoms with E-state index in [9.17, 15) is 24.1 Å². The number of carbonyl (C=O) groups excluding carboxylic acids is 1. The van der Waals surface area contributed by atoms with E-state index in [2.05, 4.69) is 0 Å². The molecule has 32 heavy (non-hydrogen) atoms. The minimum Gasteiger partial charge on any atom is -0.508 e. The molecule has 1 aromatic rings. The fourth-order valence-electron chi connectivity index (χ4n) is 2.24. The fourth-order valence-corrected chi connectivity index (χ4v) is 4.76. The maximum Gasteiger partial charge on any atom is 0.475 e. The Bertz CT molecular complexity index is 795. The first-order valence-electron chi connectivity index (χ1n) is 9.92. The molecule has 0 amide bonds. The van der Waals surface area contributed by atoms with E-state index in [1.807, 2.05) is 0 Å². The standard InChI is InChI=1S/C18H30O12P2/c1-5-25-31(22,26-6-2)29-13-15(30-32(23,27-7-3)28-8-4)12-24-18(21)16-11-14(19)9-10-17(16)20/h9-11,15,19-20H,5-8,12-13H2,1-4H3. The van der Waals surface area contributed by atoms with Gasteiger partial charge in [0.05, 0.1) is 33.0 Å². The number of benzene rings is 1. The zero-order valence-electron chi connectivity index (χ0n) is 18.4. The van der Waals surface area contributed by atoms with Crippen molar-refractivity contribution in [2.75, 3.05) is 39.6 Å². The predicted octanol–water partition coefficient (Wildman–Crippen LogP) is 4.02. The van der Waals surface area contributed by atoms with E-state index < -0.39 is 46.7 Å². The smallest absolute Gasteiger partial charge is 0.475 e. The summed E-state index contributed by atoms with van der Waals surface area (Å²) in [6.45, 7) is 5.30. The van der Waals surface area contributed by atoms with Crippen LogP contribution >= 0.6 is 15.6 Å². The number of phenols is 2. The van der Waals surface area contributed by atoms with Gasteiger partial charge in [0.1, 0.15) is 29.8 Å². The van der Waals surface area contributed by atoms with Crippen LogP contribution in [0.15, 0.2) is 18.2 Å². The summed E-state index contributed by atoms with van der Waals surface area (Å²) in [5.74, 6) is -1.70. The van der Waals surface area contributed by atoms with Gasteiger partial charge in [-0.3, -0.25) is 27.1 Å². The topological polar surface area (TPSA) is 156 Å². The number of carbonyl (C=O) groups is 1. The number of phosphoric acid groups is 2. The van der Waals surface area contributed by atoms with Crippen LogP contribution in [0.25, 0.3) is 0 Å². The molecule has 0 heterocycles. The largest absolute Gasteiger partial charge is 0.508 e. The van der Waals surface area contributed by atoms with Gasteiger partial charge in [-0.25, -0.2) is 13.9 Å². The molecule has 0 saturated carbocycles. The minimum absolute atomic E-state index is 0.00179. The van der Waals surface area contributed by atoms with Crippen molar-refractivity contribution in [3.63, 3.8) is 0 Å². The zero-order valence-corrected chi connectivity index (χ0v) is 20.2. The molecule has 0 bridgehead atoms. The Balaban J connectivity index is 2.99. The Morgan fingerprint density at radius 1 is 0.844 bits per heavy atom. The molecule has 1 atom stereocenters. The normalized spacial score (nSPS) is 13.1. The quantitative estimate of drug-likeness (QED) is 0.191. The molecule has 0 aliphatic heterocycles. The van der Waals surface area contributed by atoms with Crippen molar-refractivity contribution in [3.8, 4) is 11.5 Å². The van der Waals surface area contributed by atoms with E-state index in [0.29, 0.717) is 0 Å². The zero-order chi connectivity index (χ0) is 24.2. The first-order valence-corrected chi connectivity index (χ1v) is 12.8. The van der Waals surface area contributed by atoms with Crippen LogP contribution in [-0.4, -0.2) is 61.9 Å². The number of hydrogen-bond acceptors (Lipinski definition) is 12. The van der Waals surface area contributed by atoms with Gasteiger partial charge in [-0.15, -0.1) is 0 Å². The summed E-state index contributed by atoms with van der Waals surface area (Å²) in [6, 6.07) is 3.31. The molecule has 1 aromatic carbocycles. The molecule has 0 spiro atoms. The first kappa shape index (κ1) is 28.5. The summed E-state index contributed by atoms with van der Waals surface area (Å²) < 4.78 is 61.2. The fraction of sp³-hybridized carbons (Fsp3) is 0.611. The summed E-state index contributed by atoms with van der Waals surface area (Å²) in [5, 5.41) is 19.3. The Morgan fingerprint density at radius 3 is 1.91 bits per heavy atom. The van der Waals surface area contributed by atoms with E-state index in [4.69, 9.17) is 31.9 Å². The van der Waals surface area contributed by atoms with E-state index in [0.717, 1.165) is 12.1 Å². The highest BCUT2D eigenvalue weighted by Gasteiger charge is 2.34. The van der Waals surface area contributed by atoms with Crippen LogP contribution in [0.5, 0.6) is 11.5 Å². The molecule has 184 valence electrons. The molecule has 1 rings (SSSR count). The SMILES string of the molecule is CCOP(=O)(OCC)OCC(COC(=O)c1cc(O)ccc1O)OP(=O)(OCC)OCC. The van der Waals surface area contributed by atoms with Crippen molar-refractivity contribution in [1.82, 2.24) is 0 Å². The number of hydrogen-bond donors (Lipinski definition) is 2. The predicted molar refractivity (Wildman–Crippen MR) is 113 cm³/mol. The van der Waals surface area contributed by atoms with Gasteiger partial charge in [0.15, 0.2) is 0 Å². The number of rotatable bonds is 16. The highest BCUT2D eigenvalue weighted by Crippen LogP contribution is 2.52. The average molecular weight is 500 g/mol. The third kappa shape index (κ3) is 9.56. The summed E-state index contributed by atoms with van der Waals surface area (Å²) in [6.07, 6.45) is -1.28. The number of phosphoric ester groups is 2. The van der Waals surface area contributed by atoms with Crippen LogP contribution in [0.3, 0.4) is 0 Å². The molecule has 0 saturated heterocycles. The lowest BCUT2D eigenvalue weighted by molar-refractivity contribution is -0.00423. The van der Waals surface area contributed by atoms with E-state index >= 15 is 0 Å². The summed E-state index contributed by atoms with van der Waals surface area (Å²) in [5.41, 5.74) is -0.309. The van der Waals surface area contributed by atoms with Crippen LogP contribution in [-0.2, 0) is 41.0 Å². The molecule has 2 N–H and O–H groups in total. The van der Waals surface area contributed by atoms with Gasteiger partial charge in [-0.2, -0.15) is 0 Å². The molecule has 0 radical (unpaired) electrons. The second kappa shape index (κ2) is 13.9. The number of aromatic hydroxyl groups is 2. The Morgan fingerprint density at radius 2 is 1.38 bits per heavy atom. The molecule has 0 aliphatic carbocycles. The van der Waals surface area contributed by atoms with Gasteiger partial charge in [0.2, 0.25) is 0 Å². The van der Waals surface area contributed by atoms with Crippen molar-refractivity contribution < 1.29 is 56.0 Å². The highest BCUT2D eigenvalue weighted by molar-refractivity contribution is 7.48. The van der Waals surface area contributed by atoms with Crippen molar-refractivity contribution in [2.45, 2.75) is 33.8 Å². The van der Waals surface area contributed by atoms with E-state index in [1.54, 1.807) is 27.7 Å². The Labute approximate surface area is 186 Å². The lowest BCUT2D eigenvalue weighted by Crippen LogP contribution is -2.27. The molecular weight excluding hydrogens is 470 g/mol. The van der Waals surface area contributed by atoms with Crippen LogP contribution in [0.1, 0.15) is 38.1 Å². The van der Waals surface area contributed by atoms with Gasteiger partial charge in [0.25, 0.3) is 0 Å². The average Bonchev–Trinajstić information content (AvgIpc) is 2.72. The van der Waals surface area contributed by atoms with Gasteiger partial charge in [-0.1, -0.05) is 0 Å². The van der Waals surface area contributed by atoms with E-state index in [1.165, 1.54) is 6.07 Å². The third-order valence-corrected chi connectivity index (χ3v) is 6.77. The maximum absolute atomic E-state index is 12.7. The summed E-state index contributed by atoms with van der Waals surface area (Å²) in [4.78, 5) is 12.3. The molecule has 14 heteroatoms. The van der Waals surface area contributed by atoms with Gasteiger partial charge < -0.3 is 14.9 Å². The number of ether oxygens (including phenoxy) is 1. The Hall–Kier alpha value is -1.49. The third-order valence-electron chi connectivity index (χ3n) is 3.45. The molecule has 0 fully saturated rings. The van der Waals surface area contributed by atoms with Crippen molar-refractivity contribution in [1.29, 1.82) is 0 Å². The minimum atomic E-state index is -4.07. The van der Waals surface area contributed by atoms with Gasteiger partial charge in [-0.05, 0) is 45.9 Å². The molecule has 0 aliphatic rings. The number of esters is 1. The van der Waals surface area contributed by atoms with E-state index in [-0.39, 0.29) is 37.7 Å². The summed E-state index contributed by atoms with van der Waals surface area (Å²) >= 11 is 0. The van der Waals surface area contributed by atoms with Crippen molar-refractivity contribution >= 4 is 21.6 Å². The highest BCUT2D eigenvalue weighted by atomic mass is 31.2. The van der Waals surface area contributed by atoms with Gasteiger partial charge >= 0.3 is 21.6 Å². The summed E-state index contributed by atoms with van der Waals surface area (Å²) in [7, 11) is -8.02. The van der Waals surface area contributed by atoms with Crippen molar-refractivity contribution in [3.05, 3.63) is 23.8 Å². The maximum atomic E-state index is 12.7. The monoisotopic (exact) mass is 500 g/mol. The second-order valence-corrected chi connectivity index (χ2v) is 9.18. The van der Waals surface area contributed by atoms with Crippen LogP contribution < -0.4 is 0 Å². The van der Waals surface area contributed by atoms with Crippen LogP contribution in [0.2, 0.25) is 0 Å². The lowest BCUT2D eigenvalue weighted by Gasteiger charge is -2.24. The van der Waals surface area contributed by atoms with Crippen molar-refractivity contribution in [2.24, 2.45) is 0 Å². The Kier molecular flexibility index (Phi) is 12.4. The lowest BCUT2D eigenvalue weighted by atomic mass is 10.2. The molecule has 0 aromatic heterocycles. The first-order chi connectivity index (χ1) is 15.1. The second-order valence-electron chi connectivity index (χ2n) is 5.89. The molecular formula is C18H30O12P2. The molecule has 1 unspecified atom stereocenters. The number of phenolic OH excluding ortho intramolecular Hbond substituents is 2. The molecule has 12 nitrogen and oxygen atoms in total. The van der Waals surface area contributed by atoms with Crippen LogP contribution in [0, 0.1) is 0 Å².